The van der Waals surface area contributed by atoms with Crippen LogP contribution < -0.4 is 9.47 Å². The van der Waals surface area contributed by atoms with Crippen molar-refractivity contribution < 1.29 is 27.4 Å². The largest absolute Gasteiger partial charge is 0.573 e. The highest BCUT2D eigenvalue weighted by Crippen LogP contribution is 2.34. The summed E-state index contributed by atoms with van der Waals surface area (Å²) in [4.78, 5) is 11.9. The highest BCUT2D eigenvalue weighted by Gasteiger charge is 2.31. The molecule has 0 amide bonds. The second kappa shape index (κ2) is 9.83. The minimum Gasteiger partial charge on any atom is -0.427 e. The molecule has 1 fully saturated rings. The third-order valence-electron chi connectivity index (χ3n) is 4.98. The van der Waals surface area contributed by atoms with Crippen molar-refractivity contribution in [3.05, 3.63) is 24.3 Å². The van der Waals surface area contributed by atoms with E-state index in [1.165, 1.54) is 57.1 Å². The Morgan fingerprint density at radius 1 is 1.00 bits per heavy atom. The number of rotatable bonds is 8. The van der Waals surface area contributed by atoms with E-state index >= 15 is 0 Å². The number of alkyl halides is 3. The second-order valence-corrected chi connectivity index (χ2v) is 7.06. The average Bonchev–Trinajstić information content (AvgIpc) is 2.59. The van der Waals surface area contributed by atoms with Gasteiger partial charge in [-0.3, -0.25) is 4.79 Å². The van der Waals surface area contributed by atoms with Gasteiger partial charge in [0.1, 0.15) is 11.5 Å². The maximum Gasteiger partial charge on any atom is 0.573 e. The van der Waals surface area contributed by atoms with Crippen LogP contribution in [0.2, 0.25) is 0 Å². The molecule has 0 spiro atoms. The molecule has 0 unspecified atom stereocenters. The van der Waals surface area contributed by atoms with E-state index < -0.39 is 6.36 Å². The molecule has 1 aromatic carbocycles. The van der Waals surface area contributed by atoms with Gasteiger partial charge < -0.3 is 9.47 Å². The van der Waals surface area contributed by atoms with Gasteiger partial charge in [-0.15, -0.1) is 13.2 Å². The summed E-state index contributed by atoms with van der Waals surface area (Å²) < 4.78 is 45.3. The Hall–Kier alpha value is -1.72. The number of ether oxygens (including phenoxy) is 2. The number of unbranched alkanes of at least 4 members (excludes halogenated alkanes) is 1. The molecule has 0 aromatic heterocycles. The van der Waals surface area contributed by atoms with Gasteiger partial charge in [0, 0.05) is 6.42 Å². The number of carbonyl (C=O) groups is 1. The lowest BCUT2D eigenvalue weighted by Crippen LogP contribution is -2.17. The SMILES string of the molecule is CCCC[C@H]1CC[C@H](CCC(=O)Oc2ccc(OC(F)(F)F)cc2)CC1. The molecule has 0 heterocycles. The topological polar surface area (TPSA) is 35.5 Å². The summed E-state index contributed by atoms with van der Waals surface area (Å²) in [6.07, 6.45) is 5.13. The molecule has 26 heavy (non-hydrogen) atoms. The predicted octanol–water partition coefficient (Wildman–Crippen LogP) is 6.27. The quantitative estimate of drug-likeness (QED) is 0.399. The Kier molecular flexibility index (Phi) is 7.79. The molecule has 0 atom stereocenters. The molecule has 146 valence electrons. The van der Waals surface area contributed by atoms with E-state index in [1.54, 1.807) is 0 Å². The van der Waals surface area contributed by atoms with Gasteiger partial charge in [-0.05, 0) is 42.5 Å². The summed E-state index contributed by atoms with van der Waals surface area (Å²) >= 11 is 0. The molecule has 1 aliphatic rings. The fraction of sp³-hybridized carbons (Fsp3) is 0.650. The molecule has 1 aromatic rings. The van der Waals surface area contributed by atoms with Crippen LogP contribution in [0.15, 0.2) is 24.3 Å². The number of esters is 1. The van der Waals surface area contributed by atoms with Gasteiger partial charge in [0.2, 0.25) is 0 Å². The summed E-state index contributed by atoms with van der Waals surface area (Å²) in [5.41, 5.74) is 0. The van der Waals surface area contributed by atoms with Gasteiger partial charge in [0.15, 0.2) is 0 Å². The Morgan fingerprint density at radius 3 is 2.08 bits per heavy atom. The fourth-order valence-electron chi connectivity index (χ4n) is 3.52. The fourth-order valence-corrected chi connectivity index (χ4v) is 3.52. The minimum absolute atomic E-state index is 0.229. The van der Waals surface area contributed by atoms with E-state index in [0.29, 0.717) is 12.3 Å². The summed E-state index contributed by atoms with van der Waals surface area (Å²) in [6, 6.07) is 4.87. The molecule has 2 rings (SSSR count). The maximum absolute atomic E-state index is 12.1. The summed E-state index contributed by atoms with van der Waals surface area (Å²) in [5, 5.41) is 0. The van der Waals surface area contributed by atoms with Crippen molar-refractivity contribution in [2.45, 2.75) is 71.1 Å². The number of carbonyl (C=O) groups excluding carboxylic acids is 1. The lowest BCUT2D eigenvalue weighted by molar-refractivity contribution is -0.274. The maximum atomic E-state index is 12.1. The Labute approximate surface area is 152 Å². The van der Waals surface area contributed by atoms with E-state index in [1.807, 2.05) is 0 Å². The van der Waals surface area contributed by atoms with Crippen LogP contribution in [0.25, 0.3) is 0 Å². The highest BCUT2D eigenvalue weighted by atomic mass is 19.4. The lowest BCUT2D eigenvalue weighted by atomic mass is 9.78. The first-order valence-electron chi connectivity index (χ1n) is 9.42. The number of halogens is 3. The third kappa shape index (κ3) is 7.67. The molecular weight excluding hydrogens is 345 g/mol. The molecule has 3 nitrogen and oxygen atoms in total. The van der Waals surface area contributed by atoms with E-state index in [2.05, 4.69) is 11.7 Å². The van der Waals surface area contributed by atoms with Crippen LogP contribution in [-0.2, 0) is 4.79 Å². The monoisotopic (exact) mass is 372 g/mol. The summed E-state index contributed by atoms with van der Waals surface area (Å²) in [7, 11) is 0. The summed E-state index contributed by atoms with van der Waals surface area (Å²) in [6.45, 7) is 2.22. The van der Waals surface area contributed by atoms with Crippen LogP contribution >= 0.6 is 0 Å². The van der Waals surface area contributed by atoms with Crippen molar-refractivity contribution in [2.75, 3.05) is 0 Å². The average molecular weight is 372 g/mol. The molecule has 0 radical (unpaired) electrons. The van der Waals surface area contributed by atoms with Crippen LogP contribution in [0.3, 0.4) is 0 Å². The molecule has 0 aliphatic heterocycles. The zero-order valence-corrected chi connectivity index (χ0v) is 15.2. The van der Waals surface area contributed by atoms with E-state index in [9.17, 15) is 18.0 Å². The van der Waals surface area contributed by atoms with Crippen molar-refractivity contribution >= 4 is 5.97 Å². The molecule has 1 saturated carbocycles. The van der Waals surface area contributed by atoms with Crippen molar-refractivity contribution in [3.8, 4) is 11.5 Å². The first kappa shape index (κ1) is 20.6. The normalized spacial score (nSPS) is 20.6. The summed E-state index contributed by atoms with van der Waals surface area (Å²) in [5.74, 6) is 0.964. The molecule has 0 N–H and O–H groups in total. The van der Waals surface area contributed by atoms with Crippen molar-refractivity contribution in [3.63, 3.8) is 0 Å². The van der Waals surface area contributed by atoms with Crippen LogP contribution in [0.5, 0.6) is 11.5 Å². The zero-order valence-electron chi connectivity index (χ0n) is 15.2. The minimum atomic E-state index is -4.73. The Balaban J connectivity index is 1.67. The van der Waals surface area contributed by atoms with Crippen molar-refractivity contribution in [1.82, 2.24) is 0 Å². The highest BCUT2D eigenvalue weighted by molar-refractivity contribution is 5.72. The van der Waals surface area contributed by atoms with E-state index in [4.69, 9.17) is 4.74 Å². The smallest absolute Gasteiger partial charge is 0.427 e. The van der Waals surface area contributed by atoms with E-state index in [0.717, 1.165) is 24.5 Å². The van der Waals surface area contributed by atoms with Crippen molar-refractivity contribution in [2.24, 2.45) is 11.8 Å². The van der Waals surface area contributed by atoms with Gasteiger partial charge in [0.25, 0.3) is 0 Å². The molecule has 0 bridgehead atoms. The van der Waals surface area contributed by atoms with Gasteiger partial charge in [0.05, 0.1) is 0 Å². The Morgan fingerprint density at radius 2 is 1.54 bits per heavy atom. The third-order valence-corrected chi connectivity index (χ3v) is 4.98. The second-order valence-electron chi connectivity index (χ2n) is 7.06. The van der Waals surface area contributed by atoms with Crippen LogP contribution in [-0.4, -0.2) is 12.3 Å². The van der Waals surface area contributed by atoms with Crippen LogP contribution in [0.4, 0.5) is 13.2 Å². The van der Waals surface area contributed by atoms with Gasteiger partial charge in [-0.2, -0.15) is 0 Å². The number of hydrogen-bond donors (Lipinski definition) is 0. The first-order chi connectivity index (χ1) is 12.4. The van der Waals surface area contributed by atoms with Gasteiger partial charge >= 0.3 is 12.3 Å². The van der Waals surface area contributed by atoms with Crippen molar-refractivity contribution in [1.29, 1.82) is 0 Å². The number of benzene rings is 1. The standard InChI is InChI=1S/C20H27F3O3/c1-2-3-4-15-5-7-16(8-6-15)9-14-19(24)25-17-10-12-18(13-11-17)26-20(21,22)23/h10-13,15-16H,2-9,14H2,1H3/t15-,16-. The molecule has 1 aliphatic carbocycles. The predicted molar refractivity (Wildman–Crippen MR) is 93.0 cm³/mol. The van der Waals surface area contributed by atoms with Gasteiger partial charge in [-0.1, -0.05) is 51.9 Å². The molecular formula is C20H27F3O3. The van der Waals surface area contributed by atoms with Crippen LogP contribution in [0, 0.1) is 11.8 Å². The molecule has 0 saturated heterocycles. The van der Waals surface area contributed by atoms with Gasteiger partial charge in [-0.25, -0.2) is 0 Å². The zero-order chi connectivity index (χ0) is 19.0. The number of hydrogen-bond acceptors (Lipinski definition) is 3. The van der Waals surface area contributed by atoms with Crippen LogP contribution in [0.1, 0.15) is 64.7 Å². The Bertz CT molecular complexity index is 546. The molecule has 6 heteroatoms. The van der Waals surface area contributed by atoms with E-state index in [-0.39, 0.29) is 17.5 Å². The lowest BCUT2D eigenvalue weighted by Gasteiger charge is -2.28. The first-order valence-corrected chi connectivity index (χ1v) is 9.42.